The number of nitrogens with two attached hydrogens (primary N) is 1. The van der Waals surface area contributed by atoms with Gasteiger partial charge in [-0.25, -0.2) is 0 Å². The van der Waals surface area contributed by atoms with Gasteiger partial charge in [0.1, 0.15) is 6.04 Å². The van der Waals surface area contributed by atoms with Crippen LogP contribution in [0.5, 0.6) is 0 Å². The molecule has 0 saturated heterocycles. The summed E-state index contributed by atoms with van der Waals surface area (Å²) in [5, 5.41) is 0. The quantitative estimate of drug-likeness (QED) is 0.387. The van der Waals surface area contributed by atoms with Crippen LogP contribution >= 0.6 is 11.8 Å². The highest BCUT2D eigenvalue weighted by atomic mass is 32.2. The summed E-state index contributed by atoms with van der Waals surface area (Å²) in [7, 11) is 1.38. The molecule has 3 nitrogen and oxygen atoms in total. The molecule has 0 aromatic heterocycles. The first-order valence-corrected chi connectivity index (χ1v) is 9.29. The lowest BCUT2D eigenvalue weighted by atomic mass is 10.1. The zero-order valence-electron chi connectivity index (χ0n) is 13.4. The summed E-state index contributed by atoms with van der Waals surface area (Å²) < 4.78 is 4.59. The third kappa shape index (κ3) is 12.8. The number of hydrogen-bond acceptors (Lipinski definition) is 4. The van der Waals surface area contributed by atoms with Gasteiger partial charge in [-0.15, -0.1) is 0 Å². The van der Waals surface area contributed by atoms with Crippen LogP contribution < -0.4 is 5.73 Å². The van der Waals surface area contributed by atoms with E-state index in [1.165, 1.54) is 71.3 Å². The third-order valence-electron chi connectivity index (χ3n) is 3.44. The van der Waals surface area contributed by atoms with Crippen molar-refractivity contribution in [2.24, 2.45) is 5.73 Å². The molecular weight excluding hydrogens is 270 g/mol. The maximum atomic E-state index is 11.1. The Morgan fingerprint density at radius 2 is 1.50 bits per heavy atom. The molecule has 0 fully saturated rings. The molecule has 0 aliphatic heterocycles. The van der Waals surface area contributed by atoms with Crippen LogP contribution in [0.15, 0.2) is 0 Å². The van der Waals surface area contributed by atoms with Crippen LogP contribution in [0.25, 0.3) is 0 Å². The van der Waals surface area contributed by atoms with Crippen molar-refractivity contribution in [3.63, 3.8) is 0 Å². The molecule has 0 amide bonds. The summed E-state index contributed by atoms with van der Waals surface area (Å²) in [6.45, 7) is 2.26. The second-order valence-corrected chi connectivity index (χ2v) is 6.54. The Morgan fingerprint density at radius 3 is 2.00 bits per heavy atom. The smallest absolute Gasteiger partial charge is 0.323 e. The van der Waals surface area contributed by atoms with E-state index in [-0.39, 0.29) is 5.97 Å². The van der Waals surface area contributed by atoms with Crippen LogP contribution in [0.1, 0.15) is 71.1 Å². The summed E-state index contributed by atoms with van der Waals surface area (Å²) in [5.41, 5.74) is 5.66. The van der Waals surface area contributed by atoms with E-state index in [2.05, 4.69) is 11.7 Å². The number of carbonyl (C=O) groups excluding carboxylic acids is 1. The zero-order chi connectivity index (χ0) is 15.1. The van der Waals surface area contributed by atoms with Gasteiger partial charge in [-0.1, -0.05) is 64.7 Å². The van der Waals surface area contributed by atoms with Gasteiger partial charge in [0.15, 0.2) is 0 Å². The van der Waals surface area contributed by atoms with Gasteiger partial charge in [0, 0.05) is 5.75 Å². The number of esters is 1. The van der Waals surface area contributed by atoms with E-state index in [4.69, 9.17) is 5.73 Å². The Bertz CT molecular complexity index is 225. The van der Waals surface area contributed by atoms with Gasteiger partial charge >= 0.3 is 5.97 Å². The van der Waals surface area contributed by atoms with Crippen molar-refractivity contribution in [2.75, 3.05) is 18.6 Å². The maximum absolute atomic E-state index is 11.1. The van der Waals surface area contributed by atoms with Crippen molar-refractivity contribution < 1.29 is 9.53 Å². The lowest BCUT2D eigenvalue weighted by Gasteiger charge is -2.08. The summed E-state index contributed by atoms with van der Waals surface area (Å²) in [6, 6.07) is -0.465. The molecule has 0 unspecified atom stereocenters. The van der Waals surface area contributed by atoms with E-state index in [1.54, 1.807) is 11.8 Å². The van der Waals surface area contributed by atoms with E-state index in [0.717, 1.165) is 5.75 Å². The van der Waals surface area contributed by atoms with Crippen molar-refractivity contribution in [1.29, 1.82) is 0 Å². The van der Waals surface area contributed by atoms with Crippen molar-refractivity contribution in [1.82, 2.24) is 0 Å². The summed E-state index contributed by atoms with van der Waals surface area (Å²) >= 11 is 1.76. The molecule has 120 valence electrons. The van der Waals surface area contributed by atoms with Gasteiger partial charge in [-0.05, 0) is 12.2 Å². The predicted octanol–water partition coefficient (Wildman–Crippen LogP) is 4.14. The van der Waals surface area contributed by atoms with Gasteiger partial charge in [0.2, 0.25) is 0 Å². The van der Waals surface area contributed by atoms with Gasteiger partial charge in [0.05, 0.1) is 7.11 Å². The van der Waals surface area contributed by atoms with Crippen molar-refractivity contribution in [3.05, 3.63) is 0 Å². The zero-order valence-corrected chi connectivity index (χ0v) is 14.2. The molecular formula is C16H33NO2S. The Morgan fingerprint density at radius 1 is 1.00 bits per heavy atom. The average Bonchev–Trinajstić information content (AvgIpc) is 2.47. The van der Waals surface area contributed by atoms with Gasteiger partial charge < -0.3 is 10.5 Å². The molecule has 0 aromatic rings. The highest BCUT2D eigenvalue weighted by molar-refractivity contribution is 7.99. The van der Waals surface area contributed by atoms with E-state index in [0.29, 0.717) is 5.75 Å². The van der Waals surface area contributed by atoms with E-state index in [1.807, 2.05) is 0 Å². The van der Waals surface area contributed by atoms with Gasteiger partial charge in [-0.2, -0.15) is 11.8 Å². The SMILES string of the molecule is CCCCCCCCCCCCSC[C@H](N)C(=O)OC. The molecule has 0 aromatic carbocycles. The van der Waals surface area contributed by atoms with Crippen molar-refractivity contribution in [2.45, 2.75) is 77.2 Å². The fraction of sp³-hybridized carbons (Fsp3) is 0.938. The fourth-order valence-corrected chi connectivity index (χ4v) is 3.09. The predicted molar refractivity (Wildman–Crippen MR) is 89.2 cm³/mol. The minimum absolute atomic E-state index is 0.305. The minimum atomic E-state index is -0.465. The molecule has 0 radical (unpaired) electrons. The molecule has 0 spiro atoms. The van der Waals surface area contributed by atoms with Crippen LogP contribution in [-0.4, -0.2) is 30.6 Å². The molecule has 0 bridgehead atoms. The highest BCUT2D eigenvalue weighted by Gasteiger charge is 2.12. The fourth-order valence-electron chi connectivity index (χ4n) is 2.12. The molecule has 1 atom stereocenters. The first-order chi connectivity index (χ1) is 9.72. The van der Waals surface area contributed by atoms with E-state index >= 15 is 0 Å². The van der Waals surface area contributed by atoms with Crippen molar-refractivity contribution in [3.8, 4) is 0 Å². The maximum Gasteiger partial charge on any atom is 0.323 e. The molecule has 0 heterocycles. The monoisotopic (exact) mass is 303 g/mol. The molecule has 4 heteroatoms. The first-order valence-electron chi connectivity index (χ1n) is 8.13. The number of rotatable bonds is 14. The lowest BCUT2D eigenvalue weighted by Crippen LogP contribution is -2.33. The molecule has 0 rings (SSSR count). The standard InChI is InChI=1S/C16H33NO2S/c1-3-4-5-6-7-8-9-10-11-12-13-20-14-15(17)16(18)19-2/h15H,3-14,17H2,1-2H3/t15-/m0/s1. The average molecular weight is 304 g/mol. The number of unbranched alkanes of at least 4 members (excludes halogenated alkanes) is 9. The summed E-state index contributed by atoms with van der Waals surface area (Å²) in [5.74, 6) is 1.46. The normalized spacial score (nSPS) is 12.3. The second kappa shape index (κ2) is 15.2. The van der Waals surface area contributed by atoms with Crippen LogP contribution in [0.2, 0.25) is 0 Å². The number of carbonyl (C=O) groups is 1. The topological polar surface area (TPSA) is 52.3 Å². The minimum Gasteiger partial charge on any atom is -0.468 e. The Labute approximate surface area is 129 Å². The number of thioether (sulfide) groups is 1. The van der Waals surface area contributed by atoms with Gasteiger partial charge in [-0.3, -0.25) is 4.79 Å². The molecule has 2 N–H and O–H groups in total. The highest BCUT2D eigenvalue weighted by Crippen LogP contribution is 2.12. The number of methoxy groups -OCH3 is 1. The van der Waals surface area contributed by atoms with Crippen LogP contribution in [-0.2, 0) is 9.53 Å². The molecule has 0 aliphatic rings. The van der Waals surface area contributed by atoms with E-state index in [9.17, 15) is 4.79 Å². The van der Waals surface area contributed by atoms with Crippen LogP contribution in [0.3, 0.4) is 0 Å². The Balaban J connectivity index is 3.11. The molecule has 0 aliphatic carbocycles. The molecule has 20 heavy (non-hydrogen) atoms. The third-order valence-corrected chi connectivity index (χ3v) is 4.62. The van der Waals surface area contributed by atoms with E-state index < -0.39 is 6.04 Å². The number of hydrogen-bond donors (Lipinski definition) is 1. The number of ether oxygens (including phenoxy) is 1. The Kier molecular flexibility index (Phi) is 15.0. The van der Waals surface area contributed by atoms with Crippen LogP contribution in [0, 0.1) is 0 Å². The Hall–Kier alpha value is -0.220. The largest absolute Gasteiger partial charge is 0.468 e. The van der Waals surface area contributed by atoms with Crippen molar-refractivity contribution >= 4 is 17.7 Å². The second-order valence-electron chi connectivity index (χ2n) is 5.39. The van der Waals surface area contributed by atoms with Crippen LogP contribution in [0.4, 0.5) is 0 Å². The summed E-state index contributed by atoms with van der Waals surface area (Å²) in [6.07, 6.45) is 13.6. The summed E-state index contributed by atoms with van der Waals surface area (Å²) in [4.78, 5) is 11.1. The molecule has 0 saturated carbocycles. The first kappa shape index (κ1) is 19.8. The van der Waals surface area contributed by atoms with Gasteiger partial charge in [0.25, 0.3) is 0 Å². The lowest BCUT2D eigenvalue weighted by molar-refractivity contribution is -0.141.